The molecule has 0 fully saturated rings. The van der Waals surface area contributed by atoms with Crippen LogP contribution < -0.4 is 5.73 Å². The molecule has 26 heavy (non-hydrogen) atoms. The second kappa shape index (κ2) is 6.62. The Morgan fingerprint density at radius 1 is 1.15 bits per heavy atom. The number of ketones is 1. The number of carbonyl (C=O) groups is 1. The Kier molecular flexibility index (Phi) is 4.64. The van der Waals surface area contributed by atoms with Gasteiger partial charge in [0.1, 0.15) is 5.82 Å². The Morgan fingerprint density at radius 3 is 2.58 bits per heavy atom. The van der Waals surface area contributed by atoms with Gasteiger partial charge in [-0.25, -0.2) is 9.67 Å². The molecule has 0 aliphatic carbocycles. The van der Waals surface area contributed by atoms with E-state index in [9.17, 15) is 18.0 Å². The molecule has 0 bridgehead atoms. The smallest absolute Gasteiger partial charge is 0.383 e. The van der Waals surface area contributed by atoms with Crippen LogP contribution in [-0.4, -0.2) is 20.5 Å². The minimum Gasteiger partial charge on any atom is -0.383 e. The number of nitrogen functional groups attached to an aromatic ring is 1. The first-order valence-electron chi connectivity index (χ1n) is 7.04. The number of carbonyl (C=O) groups excluding carboxylic acids is 1. The van der Waals surface area contributed by atoms with Gasteiger partial charge in [-0.2, -0.15) is 18.3 Å². The number of rotatable bonds is 3. The van der Waals surface area contributed by atoms with E-state index in [4.69, 9.17) is 28.9 Å². The van der Waals surface area contributed by atoms with E-state index in [0.717, 1.165) is 16.8 Å². The molecule has 0 aliphatic rings. The van der Waals surface area contributed by atoms with Crippen molar-refractivity contribution in [3.8, 4) is 5.69 Å². The molecule has 0 radical (unpaired) electrons. The van der Waals surface area contributed by atoms with Crippen LogP contribution in [-0.2, 0) is 6.18 Å². The Labute approximate surface area is 155 Å². The zero-order chi connectivity index (χ0) is 19.1. The molecule has 3 rings (SSSR count). The zero-order valence-electron chi connectivity index (χ0n) is 12.8. The van der Waals surface area contributed by atoms with Gasteiger partial charge in [0, 0.05) is 12.4 Å². The number of hydrogen-bond donors (Lipinski definition) is 1. The number of pyridine rings is 1. The average Bonchev–Trinajstić information content (AvgIpc) is 3.06. The summed E-state index contributed by atoms with van der Waals surface area (Å²) >= 11 is 11.4. The normalized spacial score (nSPS) is 11.6. The van der Waals surface area contributed by atoms with Gasteiger partial charge in [0.15, 0.2) is 5.78 Å². The lowest BCUT2D eigenvalue weighted by Crippen LogP contribution is -2.08. The number of hydrogen-bond acceptors (Lipinski definition) is 4. The number of anilines is 1. The van der Waals surface area contributed by atoms with Crippen molar-refractivity contribution < 1.29 is 18.0 Å². The second-order valence-corrected chi connectivity index (χ2v) is 6.09. The van der Waals surface area contributed by atoms with E-state index in [1.54, 1.807) is 0 Å². The van der Waals surface area contributed by atoms with E-state index in [1.165, 1.54) is 30.7 Å². The third kappa shape index (κ3) is 3.51. The van der Waals surface area contributed by atoms with Gasteiger partial charge in [0.25, 0.3) is 0 Å². The molecule has 0 unspecified atom stereocenters. The molecule has 0 aliphatic heterocycles. The van der Waals surface area contributed by atoms with Crippen molar-refractivity contribution in [2.24, 2.45) is 0 Å². The summed E-state index contributed by atoms with van der Waals surface area (Å²) in [4.78, 5) is 16.3. The van der Waals surface area contributed by atoms with Gasteiger partial charge in [-0.3, -0.25) is 4.79 Å². The summed E-state index contributed by atoms with van der Waals surface area (Å²) in [6.45, 7) is 0. The van der Waals surface area contributed by atoms with Gasteiger partial charge in [0.05, 0.1) is 38.6 Å². The summed E-state index contributed by atoms with van der Waals surface area (Å²) in [6.07, 6.45) is -0.820. The molecule has 0 saturated carbocycles. The minimum absolute atomic E-state index is 0.0157. The predicted octanol–water partition coefficient (Wildman–Crippen LogP) is 4.41. The maximum atomic E-state index is 13.0. The van der Waals surface area contributed by atoms with Gasteiger partial charge < -0.3 is 5.73 Å². The molecule has 134 valence electrons. The Morgan fingerprint density at radius 2 is 1.88 bits per heavy atom. The van der Waals surface area contributed by atoms with Gasteiger partial charge >= 0.3 is 6.18 Å². The van der Waals surface area contributed by atoms with Gasteiger partial charge in [-0.05, 0) is 24.3 Å². The molecule has 0 saturated heterocycles. The van der Waals surface area contributed by atoms with Crippen molar-refractivity contribution in [1.29, 1.82) is 0 Å². The Hall–Kier alpha value is -2.58. The fraction of sp³-hybridized carbons (Fsp3) is 0.0625. The number of halogens is 5. The summed E-state index contributed by atoms with van der Waals surface area (Å²) in [5, 5.41) is 3.73. The fourth-order valence-corrected chi connectivity index (χ4v) is 2.62. The maximum Gasteiger partial charge on any atom is 0.417 e. The molecule has 0 spiro atoms. The molecule has 5 nitrogen and oxygen atoms in total. The largest absolute Gasteiger partial charge is 0.417 e. The summed E-state index contributed by atoms with van der Waals surface area (Å²) in [6, 6.07) is 4.67. The van der Waals surface area contributed by atoms with Crippen LogP contribution in [0.1, 0.15) is 21.5 Å². The van der Waals surface area contributed by atoms with E-state index in [1.807, 2.05) is 0 Å². The average molecular weight is 401 g/mol. The van der Waals surface area contributed by atoms with Crippen molar-refractivity contribution in [2.75, 3.05) is 5.73 Å². The van der Waals surface area contributed by atoms with E-state index in [0.29, 0.717) is 0 Å². The first-order valence-corrected chi connectivity index (χ1v) is 7.80. The Bertz CT molecular complexity index is 1000. The second-order valence-electron chi connectivity index (χ2n) is 5.25. The van der Waals surface area contributed by atoms with Crippen molar-refractivity contribution in [2.45, 2.75) is 6.18 Å². The predicted molar refractivity (Wildman–Crippen MR) is 90.7 cm³/mol. The summed E-state index contributed by atoms with van der Waals surface area (Å²) in [7, 11) is 0. The highest BCUT2D eigenvalue weighted by Crippen LogP contribution is 2.35. The topological polar surface area (TPSA) is 73.8 Å². The summed E-state index contributed by atoms with van der Waals surface area (Å²) < 4.78 is 40.1. The monoisotopic (exact) mass is 400 g/mol. The molecule has 2 N–H and O–H groups in total. The maximum absolute atomic E-state index is 13.0. The number of nitrogens with zero attached hydrogens (tertiary/aromatic N) is 3. The summed E-state index contributed by atoms with van der Waals surface area (Å²) in [5.74, 6) is -0.522. The molecule has 0 atom stereocenters. The quantitative estimate of drug-likeness (QED) is 0.660. The Balaban J connectivity index is 1.98. The molecular formula is C16H9Cl2F3N4O. The number of nitrogens with two attached hydrogens (primary N) is 1. The standard InChI is InChI=1S/C16H9Cl2F3N4O/c17-9-3-11(15(22)23-6-9)14(26)8-5-24-25(7-8)10-1-2-13(18)12(4-10)16(19,20)21/h1-7H,(H2,22,23). The molecule has 1 aromatic carbocycles. The number of aromatic nitrogens is 3. The third-order valence-electron chi connectivity index (χ3n) is 3.49. The fourth-order valence-electron chi connectivity index (χ4n) is 2.24. The number of benzene rings is 1. The van der Waals surface area contributed by atoms with Crippen molar-refractivity contribution >= 4 is 34.8 Å². The molecule has 2 heterocycles. The lowest BCUT2D eigenvalue weighted by atomic mass is 10.1. The van der Waals surface area contributed by atoms with Crippen LogP contribution in [0.15, 0.2) is 42.9 Å². The highest BCUT2D eigenvalue weighted by atomic mass is 35.5. The first kappa shape index (κ1) is 18.2. The third-order valence-corrected chi connectivity index (χ3v) is 4.03. The van der Waals surface area contributed by atoms with Crippen LogP contribution in [0.3, 0.4) is 0 Å². The molecule has 0 amide bonds. The van der Waals surface area contributed by atoms with Crippen molar-refractivity contribution in [3.63, 3.8) is 0 Å². The highest BCUT2D eigenvalue weighted by molar-refractivity contribution is 6.31. The lowest BCUT2D eigenvalue weighted by molar-refractivity contribution is -0.137. The highest BCUT2D eigenvalue weighted by Gasteiger charge is 2.33. The molecule has 10 heteroatoms. The van der Waals surface area contributed by atoms with E-state index < -0.39 is 22.5 Å². The first-order chi connectivity index (χ1) is 12.2. The van der Waals surface area contributed by atoms with Crippen LogP contribution in [0, 0.1) is 0 Å². The summed E-state index contributed by atoms with van der Waals surface area (Å²) in [5.41, 5.74) is 4.96. The molecule has 2 aromatic heterocycles. The lowest BCUT2D eigenvalue weighted by Gasteiger charge is -2.10. The van der Waals surface area contributed by atoms with Crippen LogP contribution >= 0.6 is 23.2 Å². The van der Waals surface area contributed by atoms with Gasteiger partial charge in [-0.15, -0.1) is 0 Å². The van der Waals surface area contributed by atoms with Crippen molar-refractivity contribution in [1.82, 2.24) is 14.8 Å². The SMILES string of the molecule is Nc1ncc(Cl)cc1C(=O)c1cnn(-c2ccc(Cl)c(C(F)(F)F)c2)c1. The van der Waals surface area contributed by atoms with Gasteiger partial charge in [-0.1, -0.05) is 23.2 Å². The van der Waals surface area contributed by atoms with Gasteiger partial charge in [0.2, 0.25) is 0 Å². The van der Waals surface area contributed by atoms with E-state index in [-0.39, 0.29) is 27.7 Å². The minimum atomic E-state index is -4.61. The zero-order valence-corrected chi connectivity index (χ0v) is 14.3. The van der Waals surface area contributed by atoms with Crippen molar-refractivity contribution in [3.05, 3.63) is 69.6 Å². The van der Waals surface area contributed by atoms with Crippen LogP contribution in [0.25, 0.3) is 5.69 Å². The van der Waals surface area contributed by atoms with Crippen LogP contribution in [0.5, 0.6) is 0 Å². The molecular weight excluding hydrogens is 392 g/mol. The van der Waals surface area contributed by atoms with E-state index >= 15 is 0 Å². The van der Waals surface area contributed by atoms with E-state index in [2.05, 4.69) is 10.1 Å². The van der Waals surface area contributed by atoms with Crippen LogP contribution in [0.2, 0.25) is 10.0 Å². The molecule has 3 aromatic rings. The number of alkyl halides is 3. The van der Waals surface area contributed by atoms with Crippen LogP contribution in [0.4, 0.5) is 19.0 Å².